The molecule has 0 aliphatic heterocycles. The van der Waals surface area contributed by atoms with Crippen molar-refractivity contribution in [2.45, 2.75) is 33.1 Å². The van der Waals surface area contributed by atoms with E-state index in [0.717, 1.165) is 16.7 Å². The third-order valence-corrected chi connectivity index (χ3v) is 2.96. The van der Waals surface area contributed by atoms with E-state index in [-0.39, 0.29) is 18.9 Å². The van der Waals surface area contributed by atoms with E-state index in [0.29, 0.717) is 0 Å². The number of benzene rings is 1. The Kier molecular flexibility index (Phi) is 4.07. The van der Waals surface area contributed by atoms with Gasteiger partial charge in [-0.05, 0) is 43.0 Å². The maximum absolute atomic E-state index is 10.7. The highest BCUT2D eigenvalue weighted by molar-refractivity contribution is 5.68. The number of aliphatic hydroxyl groups excluding tert-OH is 1. The second kappa shape index (κ2) is 5.12. The normalized spacial score (nSPS) is 12.5. The van der Waals surface area contributed by atoms with E-state index < -0.39 is 5.97 Å². The number of hydrogen-bond acceptors (Lipinski definition) is 2. The van der Waals surface area contributed by atoms with Crippen LogP contribution in [0.1, 0.15) is 34.6 Å². The van der Waals surface area contributed by atoms with E-state index in [4.69, 9.17) is 5.11 Å². The Hall–Kier alpha value is -1.35. The molecule has 1 aromatic rings. The molecule has 0 aromatic heterocycles. The average molecular weight is 222 g/mol. The van der Waals surface area contributed by atoms with Crippen LogP contribution in [0.2, 0.25) is 0 Å². The van der Waals surface area contributed by atoms with Crippen LogP contribution in [0.4, 0.5) is 0 Å². The number of aryl methyl sites for hydroxylation is 3. The summed E-state index contributed by atoms with van der Waals surface area (Å²) in [6.45, 7) is 5.84. The molecule has 0 saturated heterocycles. The number of carboxylic acids is 1. The number of aliphatic hydroxyl groups is 1. The highest BCUT2D eigenvalue weighted by Gasteiger charge is 2.17. The van der Waals surface area contributed by atoms with Crippen LogP contribution in [0.15, 0.2) is 12.1 Å². The summed E-state index contributed by atoms with van der Waals surface area (Å²) < 4.78 is 0. The van der Waals surface area contributed by atoms with Crippen LogP contribution in [-0.4, -0.2) is 22.8 Å². The molecule has 0 fully saturated rings. The molecule has 0 radical (unpaired) electrons. The van der Waals surface area contributed by atoms with Gasteiger partial charge in [0.25, 0.3) is 0 Å². The SMILES string of the molecule is Cc1cc(C)c(C(CO)CC(=O)O)cc1C. The first-order valence-corrected chi connectivity index (χ1v) is 5.36. The molecule has 0 saturated carbocycles. The van der Waals surface area contributed by atoms with Crippen molar-refractivity contribution in [2.75, 3.05) is 6.61 Å². The monoisotopic (exact) mass is 222 g/mol. The van der Waals surface area contributed by atoms with Crippen molar-refractivity contribution in [1.82, 2.24) is 0 Å². The lowest BCUT2D eigenvalue weighted by atomic mass is 9.90. The number of rotatable bonds is 4. The molecule has 3 nitrogen and oxygen atoms in total. The summed E-state index contributed by atoms with van der Waals surface area (Å²) in [5, 5.41) is 18.0. The summed E-state index contributed by atoms with van der Waals surface area (Å²) in [4.78, 5) is 10.7. The van der Waals surface area contributed by atoms with Gasteiger partial charge in [0.1, 0.15) is 0 Å². The Balaban J connectivity index is 3.09. The number of aliphatic carboxylic acids is 1. The van der Waals surface area contributed by atoms with E-state index in [1.807, 2.05) is 32.9 Å². The zero-order valence-corrected chi connectivity index (χ0v) is 9.95. The fourth-order valence-corrected chi connectivity index (χ4v) is 1.91. The minimum absolute atomic E-state index is 0.0279. The summed E-state index contributed by atoms with van der Waals surface area (Å²) in [5.74, 6) is -1.19. The second-order valence-corrected chi connectivity index (χ2v) is 4.27. The predicted molar refractivity (Wildman–Crippen MR) is 62.7 cm³/mol. The molecule has 3 heteroatoms. The van der Waals surface area contributed by atoms with Crippen molar-refractivity contribution in [3.05, 3.63) is 34.4 Å². The highest BCUT2D eigenvalue weighted by Crippen LogP contribution is 2.25. The molecule has 0 spiro atoms. The first-order chi connectivity index (χ1) is 7.45. The molecule has 0 bridgehead atoms. The maximum Gasteiger partial charge on any atom is 0.304 e. The van der Waals surface area contributed by atoms with E-state index in [9.17, 15) is 9.90 Å². The Morgan fingerprint density at radius 2 is 1.75 bits per heavy atom. The summed E-state index contributed by atoms with van der Waals surface area (Å²) in [5.41, 5.74) is 4.30. The Morgan fingerprint density at radius 1 is 1.19 bits per heavy atom. The summed E-state index contributed by atoms with van der Waals surface area (Å²) >= 11 is 0. The minimum Gasteiger partial charge on any atom is -0.481 e. The van der Waals surface area contributed by atoms with Crippen LogP contribution in [0.5, 0.6) is 0 Å². The lowest BCUT2D eigenvalue weighted by Gasteiger charge is -2.17. The fraction of sp³-hybridized carbons (Fsp3) is 0.462. The largest absolute Gasteiger partial charge is 0.481 e. The quantitative estimate of drug-likeness (QED) is 0.820. The fourth-order valence-electron chi connectivity index (χ4n) is 1.91. The molecule has 1 aromatic carbocycles. The Bertz CT molecular complexity index is 396. The maximum atomic E-state index is 10.7. The molecule has 16 heavy (non-hydrogen) atoms. The van der Waals surface area contributed by atoms with Gasteiger partial charge in [-0.25, -0.2) is 0 Å². The predicted octanol–water partition coefficient (Wildman–Crippen LogP) is 2.16. The molecule has 2 N–H and O–H groups in total. The topological polar surface area (TPSA) is 57.5 Å². The highest BCUT2D eigenvalue weighted by atomic mass is 16.4. The lowest BCUT2D eigenvalue weighted by Crippen LogP contribution is -2.12. The van der Waals surface area contributed by atoms with Gasteiger partial charge in [-0.2, -0.15) is 0 Å². The van der Waals surface area contributed by atoms with Crippen LogP contribution >= 0.6 is 0 Å². The molecule has 1 unspecified atom stereocenters. The average Bonchev–Trinajstić information content (AvgIpc) is 2.20. The zero-order chi connectivity index (χ0) is 12.3. The smallest absolute Gasteiger partial charge is 0.304 e. The van der Waals surface area contributed by atoms with Crippen molar-refractivity contribution in [1.29, 1.82) is 0 Å². The van der Waals surface area contributed by atoms with E-state index in [2.05, 4.69) is 0 Å². The first kappa shape index (κ1) is 12.7. The molecular formula is C13H18O3. The van der Waals surface area contributed by atoms with Crippen LogP contribution in [0, 0.1) is 20.8 Å². The van der Waals surface area contributed by atoms with Gasteiger partial charge in [-0.3, -0.25) is 4.79 Å². The summed E-state index contributed by atoms with van der Waals surface area (Å²) in [6.07, 6.45) is -0.0279. The van der Waals surface area contributed by atoms with Crippen molar-refractivity contribution in [3.8, 4) is 0 Å². The van der Waals surface area contributed by atoms with Gasteiger partial charge in [0.15, 0.2) is 0 Å². The molecule has 0 heterocycles. The van der Waals surface area contributed by atoms with E-state index in [1.165, 1.54) is 5.56 Å². The van der Waals surface area contributed by atoms with E-state index >= 15 is 0 Å². The van der Waals surface area contributed by atoms with Crippen LogP contribution in [0.3, 0.4) is 0 Å². The molecule has 0 aliphatic carbocycles. The molecule has 0 aliphatic rings. The number of hydrogen-bond donors (Lipinski definition) is 2. The number of carboxylic acid groups (broad SMARTS) is 1. The first-order valence-electron chi connectivity index (χ1n) is 5.36. The lowest BCUT2D eigenvalue weighted by molar-refractivity contribution is -0.137. The van der Waals surface area contributed by atoms with Crippen molar-refractivity contribution >= 4 is 5.97 Å². The van der Waals surface area contributed by atoms with Gasteiger partial charge in [0, 0.05) is 5.92 Å². The van der Waals surface area contributed by atoms with Crippen LogP contribution in [-0.2, 0) is 4.79 Å². The zero-order valence-electron chi connectivity index (χ0n) is 9.95. The standard InChI is InChI=1S/C13H18O3/c1-8-4-10(3)12(5-9(8)2)11(7-14)6-13(15)16/h4-5,11,14H,6-7H2,1-3H3,(H,15,16). The van der Waals surface area contributed by atoms with Gasteiger partial charge in [-0.1, -0.05) is 12.1 Å². The molecule has 1 atom stereocenters. The van der Waals surface area contributed by atoms with Gasteiger partial charge < -0.3 is 10.2 Å². The third kappa shape index (κ3) is 2.83. The van der Waals surface area contributed by atoms with Gasteiger partial charge in [0.05, 0.1) is 13.0 Å². The summed E-state index contributed by atoms with van der Waals surface area (Å²) in [6, 6.07) is 4.02. The Labute approximate surface area is 95.7 Å². The molecule has 1 rings (SSSR count). The van der Waals surface area contributed by atoms with Crippen molar-refractivity contribution in [2.24, 2.45) is 0 Å². The van der Waals surface area contributed by atoms with Crippen molar-refractivity contribution < 1.29 is 15.0 Å². The van der Waals surface area contributed by atoms with Crippen LogP contribution in [0.25, 0.3) is 0 Å². The second-order valence-electron chi connectivity index (χ2n) is 4.27. The van der Waals surface area contributed by atoms with Gasteiger partial charge >= 0.3 is 5.97 Å². The molecule has 0 amide bonds. The molecule has 88 valence electrons. The Morgan fingerprint density at radius 3 is 2.25 bits per heavy atom. The van der Waals surface area contributed by atoms with Gasteiger partial charge in [0.2, 0.25) is 0 Å². The van der Waals surface area contributed by atoms with Crippen molar-refractivity contribution in [3.63, 3.8) is 0 Å². The van der Waals surface area contributed by atoms with Gasteiger partial charge in [-0.15, -0.1) is 0 Å². The molecular weight excluding hydrogens is 204 g/mol. The third-order valence-electron chi connectivity index (χ3n) is 2.96. The summed E-state index contributed by atoms with van der Waals surface area (Å²) in [7, 11) is 0. The number of carbonyl (C=O) groups is 1. The van der Waals surface area contributed by atoms with Crippen LogP contribution < -0.4 is 0 Å². The minimum atomic E-state index is -0.878. The van der Waals surface area contributed by atoms with E-state index in [1.54, 1.807) is 0 Å².